The van der Waals surface area contributed by atoms with Crippen LogP contribution in [0.4, 0.5) is 0 Å². The van der Waals surface area contributed by atoms with Crippen LogP contribution in [0.15, 0.2) is 53.1 Å². The molecule has 3 aromatic rings. The number of hydrogen-bond donors (Lipinski definition) is 1. The molecule has 0 unspecified atom stereocenters. The van der Waals surface area contributed by atoms with Crippen molar-refractivity contribution < 1.29 is 9.32 Å². The average Bonchev–Trinajstić information content (AvgIpc) is 3.23. The minimum absolute atomic E-state index is 0.0191. The monoisotopic (exact) mass is 424 g/mol. The molecule has 2 aromatic carbocycles. The van der Waals surface area contributed by atoms with Crippen molar-refractivity contribution in [1.29, 1.82) is 0 Å². The Morgan fingerprint density at radius 3 is 2.70 bits per heavy atom. The molecule has 0 aliphatic carbocycles. The number of halogens is 1. The quantitative estimate of drug-likeness (QED) is 0.641. The van der Waals surface area contributed by atoms with Crippen molar-refractivity contribution in [2.24, 2.45) is 5.92 Å². The summed E-state index contributed by atoms with van der Waals surface area (Å²) in [6, 6.07) is 15.9. The van der Waals surface area contributed by atoms with Crippen LogP contribution in [0.5, 0.6) is 0 Å². The molecule has 6 nitrogen and oxygen atoms in total. The van der Waals surface area contributed by atoms with Gasteiger partial charge in [-0.2, -0.15) is 4.98 Å². The lowest BCUT2D eigenvalue weighted by Crippen LogP contribution is -2.40. The minimum Gasteiger partial charge on any atom is -0.347 e. The Balaban J connectivity index is 1.24. The van der Waals surface area contributed by atoms with E-state index in [0.717, 1.165) is 48.6 Å². The number of rotatable bonds is 6. The molecule has 2 heterocycles. The van der Waals surface area contributed by atoms with Crippen LogP contribution in [0, 0.1) is 12.8 Å². The Morgan fingerprint density at radius 1 is 1.20 bits per heavy atom. The summed E-state index contributed by atoms with van der Waals surface area (Å²) < 4.78 is 5.30. The van der Waals surface area contributed by atoms with Gasteiger partial charge in [0.15, 0.2) is 0 Å². The van der Waals surface area contributed by atoms with Crippen LogP contribution in [-0.2, 0) is 17.9 Å². The lowest BCUT2D eigenvalue weighted by atomic mass is 9.95. The largest absolute Gasteiger partial charge is 0.347 e. The molecule has 30 heavy (non-hydrogen) atoms. The number of nitrogens with one attached hydrogen (secondary N) is 1. The van der Waals surface area contributed by atoms with Gasteiger partial charge in [0, 0.05) is 23.0 Å². The summed E-state index contributed by atoms with van der Waals surface area (Å²) in [5.74, 6) is 1.03. The molecule has 1 aliphatic heterocycles. The zero-order valence-corrected chi connectivity index (χ0v) is 17.7. The fraction of sp³-hybridized carbons (Fsp3) is 0.348. The van der Waals surface area contributed by atoms with E-state index in [1.807, 2.05) is 43.3 Å². The molecule has 156 valence electrons. The molecule has 1 aromatic heterocycles. The zero-order chi connectivity index (χ0) is 20.9. The van der Waals surface area contributed by atoms with E-state index in [-0.39, 0.29) is 18.4 Å². The van der Waals surface area contributed by atoms with Crippen LogP contribution in [0.25, 0.3) is 11.4 Å². The standard InChI is InChI=1S/C23H25ClN4O2/c1-16-3-2-4-19(13-16)22-26-21(30-27-22)14-25-23(29)18-9-11-28(12-10-18)15-17-5-7-20(24)8-6-17/h2-8,13,18H,9-12,14-15H2,1H3,(H,25,29). The number of carbonyl (C=O) groups is 1. The molecule has 4 rings (SSSR count). The second-order valence-corrected chi connectivity index (χ2v) is 8.21. The average molecular weight is 425 g/mol. The second-order valence-electron chi connectivity index (χ2n) is 7.78. The lowest BCUT2D eigenvalue weighted by molar-refractivity contribution is -0.126. The first-order chi connectivity index (χ1) is 14.6. The Morgan fingerprint density at radius 2 is 1.97 bits per heavy atom. The molecular formula is C23H25ClN4O2. The summed E-state index contributed by atoms with van der Waals surface area (Å²) in [5.41, 5.74) is 3.28. The van der Waals surface area contributed by atoms with E-state index in [1.165, 1.54) is 5.56 Å². The molecule has 1 saturated heterocycles. The molecule has 1 N–H and O–H groups in total. The highest BCUT2D eigenvalue weighted by Crippen LogP contribution is 2.21. The predicted octanol–water partition coefficient (Wildman–Crippen LogP) is 4.23. The number of piperidine rings is 1. The first-order valence-electron chi connectivity index (χ1n) is 10.2. The van der Waals surface area contributed by atoms with Gasteiger partial charge < -0.3 is 9.84 Å². The van der Waals surface area contributed by atoms with Crippen molar-refractivity contribution in [2.75, 3.05) is 13.1 Å². The van der Waals surface area contributed by atoms with Gasteiger partial charge in [-0.15, -0.1) is 0 Å². The Bertz CT molecular complexity index is 994. The van der Waals surface area contributed by atoms with Gasteiger partial charge in [0.1, 0.15) is 0 Å². The predicted molar refractivity (Wildman–Crippen MR) is 116 cm³/mol. The summed E-state index contributed by atoms with van der Waals surface area (Å²) >= 11 is 5.95. The maximum atomic E-state index is 12.6. The van der Waals surface area contributed by atoms with Gasteiger partial charge in [0.25, 0.3) is 0 Å². The fourth-order valence-corrected chi connectivity index (χ4v) is 3.86. The van der Waals surface area contributed by atoms with E-state index < -0.39 is 0 Å². The first-order valence-corrected chi connectivity index (χ1v) is 10.6. The van der Waals surface area contributed by atoms with Crippen LogP contribution in [0.2, 0.25) is 5.02 Å². The van der Waals surface area contributed by atoms with Gasteiger partial charge in [0.2, 0.25) is 17.6 Å². The van der Waals surface area contributed by atoms with E-state index >= 15 is 0 Å². The maximum absolute atomic E-state index is 12.6. The second kappa shape index (κ2) is 9.41. The van der Waals surface area contributed by atoms with Gasteiger partial charge in [-0.25, -0.2) is 0 Å². The topological polar surface area (TPSA) is 71.3 Å². The van der Waals surface area contributed by atoms with E-state index in [9.17, 15) is 4.79 Å². The van der Waals surface area contributed by atoms with Gasteiger partial charge in [-0.1, -0.05) is 52.7 Å². The summed E-state index contributed by atoms with van der Waals surface area (Å²) in [6.45, 7) is 4.96. The fourth-order valence-electron chi connectivity index (χ4n) is 3.74. The van der Waals surface area contributed by atoms with E-state index in [0.29, 0.717) is 11.7 Å². The third-order valence-corrected chi connectivity index (χ3v) is 5.69. The normalized spacial score (nSPS) is 15.3. The third kappa shape index (κ3) is 5.26. The highest BCUT2D eigenvalue weighted by molar-refractivity contribution is 6.30. The van der Waals surface area contributed by atoms with Crippen molar-refractivity contribution in [2.45, 2.75) is 32.9 Å². The Labute approximate surface area is 181 Å². The Kier molecular flexibility index (Phi) is 6.45. The van der Waals surface area contributed by atoms with Crippen LogP contribution in [0.3, 0.4) is 0 Å². The number of hydrogen-bond acceptors (Lipinski definition) is 5. The van der Waals surface area contributed by atoms with E-state index in [1.54, 1.807) is 0 Å². The SMILES string of the molecule is Cc1cccc(-c2noc(CNC(=O)C3CCN(Cc4ccc(Cl)cc4)CC3)n2)c1. The molecule has 0 spiro atoms. The van der Waals surface area contributed by atoms with Crippen LogP contribution in [0.1, 0.15) is 29.9 Å². The van der Waals surface area contributed by atoms with Crippen LogP contribution in [-0.4, -0.2) is 34.0 Å². The van der Waals surface area contributed by atoms with Crippen molar-refractivity contribution >= 4 is 17.5 Å². The minimum atomic E-state index is 0.0191. The summed E-state index contributed by atoms with van der Waals surface area (Å²) in [5, 5.41) is 7.72. The molecule has 1 aliphatic rings. The van der Waals surface area contributed by atoms with Gasteiger partial charge in [-0.05, 0) is 56.6 Å². The van der Waals surface area contributed by atoms with E-state index in [4.69, 9.17) is 16.1 Å². The first kappa shape index (κ1) is 20.6. The molecule has 0 bridgehead atoms. The molecule has 0 saturated carbocycles. The van der Waals surface area contributed by atoms with Gasteiger partial charge >= 0.3 is 0 Å². The van der Waals surface area contributed by atoms with E-state index in [2.05, 4.69) is 32.5 Å². The molecule has 1 fully saturated rings. The summed E-state index contributed by atoms with van der Waals surface area (Å²) in [7, 11) is 0. The number of benzene rings is 2. The summed E-state index contributed by atoms with van der Waals surface area (Å²) in [6.07, 6.45) is 1.69. The van der Waals surface area contributed by atoms with Gasteiger partial charge in [0.05, 0.1) is 6.54 Å². The highest BCUT2D eigenvalue weighted by atomic mass is 35.5. The van der Waals surface area contributed by atoms with Gasteiger partial charge in [-0.3, -0.25) is 9.69 Å². The smallest absolute Gasteiger partial charge is 0.246 e. The molecule has 0 radical (unpaired) electrons. The number of aryl methyl sites for hydroxylation is 1. The number of likely N-dealkylation sites (tertiary alicyclic amines) is 1. The third-order valence-electron chi connectivity index (χ3n) is 5.44. The number of carbonyl (C=O) groups excluding carboxylic acids is 1. The number of amides is 1. The highest BCUT2D eigenvalue weighted by Gasteiger charge is 2.25. The maximum Gasteiger partial charge on any atom is 0.246 e. The van der Waals surface area contributed by atoms with Crippen molar-refractivity contribution in [3.8, 4) is 11.4 Å². The molecular weight excluding hydrogens is 400 g/mol. The molecule has 0 atom stereocenters. The van der Waals surface area contributed by atoms with Crippen molar-refractivity contribution in [3.63, 3.8) is 0 Å². The molecule has 1 amide bonds. The van der Waals surface area contributed by atoms with Crippen molar-refractivity contribution in [1.82, 2.24) is 20.4 Å². The molecule has 7 heteroatoms. The zero-order valence-electron chi connectivity index (χ0n) is 17.0. The van der Waals surface area contributed by atoms with Crippen molar-refractivity contribution in [3.05, 3.63) is 70.6 Å². The Hall–Kier alpha value is -2.70. The number of aromatic nitrogens is 2. The van der Waals surface area contributed by atoms with Crippen LogP contribution >= 0.6 is 11.6 Å². The lowest BCUT2D eigenvalue weighted by Gasteiger charge is -2.31. The van der Waals surface area contributed by atoms with Crippen LogP contribution < -0.4 is 5.32 Å². The number of nitrogens with zero attached hydrogens (tertiary/aromatic N) is 3. The summed E-state index contributed by atoms with van der Waals surface area (Å²) in [4.78, 5) is 19.3.